The Kier molecular flexibility index (Phi) is 7.55. The molecule has 0 radical (unpaired) electrons. The molecule has 1 aromatic rings. The maximum absolute atomic E-state index is 12.2. The maximum atomic E-state index is 12.2. The van der Waals surface area contributed by atoms with Crippen molar-refractivity contribution < 1.29 is 19.1 Å². The van der Waals surface area contributed by atoms with Gasteiger partial charge in [-0.1, -0.05) is 30.3 Å². The number of benzene rings is 1. The van der Waals surface area contributed by atoms with Gasteiger partial charge in [-0.2, -0.15) is 0 Å². The minimum absolute atomic E-state index is 0.109. The highest BCUT2D eigenvalue weighted by molar-refractivity contribution is 5.76. The van der Waals surface area contributed by atoms with Crippen molar-refractivity contribution in [1.82, 2.24) is 10.6 Å². The van der Waals surface area contributed by atoms with Crippen LogP contribution in [0.5, 0.6) is 0 Å². The summed E-state index contributed by atoms with van der Waals surface area (Å²) in [6.45, 7) is 4.16. The Morgan fingerprint density at radius 1 is 1.33 bits per heavy atom. The van der Waals surface area contributed by atoms with Crippen molar-refractivity contribution in [3.8, 4) is 0 Å². The lowest BCUT2D eigenvalue weighted by Gasteiger charge is -2.23. The Morgan fingerprint density at radius 2 is 2.12 bits per heavy atom. The fourth-order valence-corrected chi connectivity index (χ4v) is 2.74. The van der Waals surface area contributed by atoms with Gasteiger partial charge in [-0.15, -0.1) is 0 Å². The molecule has 1 aliphatic heterocycles. The Hall–Kier alpha value is -2.08. The van der Waals surface area contributed by atoms with Crippen LogP contribution in [0.4, 0.5) is 4.79 Å². The van der Waals surface area contributed by atoms with Gasteiger partial charge in [0.2, 0.25) is 0 Å². The van der Waals surface area contributed by atoms with Gasteiger partial charge in [0.05, 0.1) is 25.7 Å². The van der Waals surface area contributed by atoms with Crippen LogP contribution in [0, 0.1) is 5.92 Å². The van der Waals surface area contributed by atoms with Crippen LogP contribution in [0.1, 0.15) is 37.8 Å². The summed E-state index contributed by atoms with van der Waals surface area (Å²) in [5.41, 5.74) is 0.877. The second kappa shape index (κ2) is 9.93. The number of urea groups is 1. The van der Waals surface area contributed by atoms with Crippen molar-refractivity contribution in [2.45, 2.75) is 32.2 Å². The fourth-order valence-electron chi connectivity index (χ4n) is 2.74. The molecule has 6 heteroatoms. The molecule has 1 aliphatic rings. The SMILES string of the molecule is CCOC(=O)C[C@@H](NC(=O)NC[C@H]1CCCOC1)c1ccccc1. The van der Waals surface area contributed by atoms with E-state index in [1.54, 1.807) is 6.92 Å². The molecule has 2 amide bonds. The molecule has 1 fully saturated rings. The van der Waals surface area contributed by atoms with Gasteiger partial charge in [0.25, 0.3) is 0 Å². The summed E-state index contributed by atoms with van der Waals surface area (Å²) < 4.78 is 10.4. The topological polar surface area (TPSA) is 76.7 Å². The summed E-state index contributed by atoms with van der Waals surface area (Å²) in [6.07, 6.45) is 2.20. The van der Waals surface area contributed by atoms with Crippen LogP contribution >= 0.6 is 0 Å². The lowest BCUT2D eigenvalue weighted by molar-refractivity contribution is -0.143. The number of carbonyl (C=O) groups excluding carboxylic acids is 2. The van der Waals surface area contributed by atoms with Gasteiger partial charge in [-0.25, -0.2) is 4.79 Å². The van der Waals surface area contributed by atoms with Crippen LogP contribution in [0.15, 0.2) is 30.3 Å². The van der Waals surface area contributed by atoms with Gasteiger partial charge in [0.15, 0.2) is 0 Å². The van der Waals surface area contributed by atoms with E-state index in [9.17, 15) is 9.59 Å². The van der Waals surface area contributed by atoms with Gasteiger partial charge in [0.1, 0.15) is 0 Å². The standard InChI is InChI=1S/C18H26N2O4/c1-2-24-17(21)11-16(15-8-4-3-5-9-15)20-18(22)19-12-14-7-6-10-23-13-14/h3-5,8-9,14,16H,2,6-7,10-13H2,1H3,(H2,19,20,22)/t14-,16-/m1/s1. The largest absolute Gasteiger partial charge is 0.466 e. The molecule has 6 nitrogen and oxygen atoms in total. The molecule has 2 rings (SSSR count). The molecule has 0 unspecified atom stereocenters. The first kappa shape index (κ1) is 18.3. The van der Waals surface area contributed by atoms with Crippen molar-refractivity contribution in [3.05, 3.63) is 35.9 Å². The van der Waals surface area contributed by atoms with Crippen molar-refractivity contribution >= 4 is 12.0 Å². The summed E-state index contributed by atoms with van der Waals surface area (Å²) in [5.74, 6) is 0.0251. The summed E-state index contributed by atoms with van der Waals surface area (Å²) >= 11 is 0. The van der Waals surface area contributed by atoms with Crippen LogP contribution < -0.4 is 10.6 Å². The molecule has 0 aliphatic carbocycles. The normalized spacial score (nSPS) is 18.5. The number of esters is 1. The Bertz CT molecular complexity index is 515. The number of hydrogen-bond acceptors (Lipinski definition) is 4. The molecule has 0 aromatic heterocycles. The average molecular weight is 334 g/mol. The molecular formula is C18H26N2O4. The van der Waals surface area contributed by atoms with Crippen LogP contribution in [-0.4, -0.2) is 38.4 Å². The van der Waals surface area contributed by atoms with Gasteiger partial charge in [-0.05, 0) is 31.2 Å². The zero-order chi connectivity index (χ0) is 17.2. The minimum atomic E-state index is -0.409. The number of carbonyl (C=O) groups is 2. The number of rotatable bonds is 7. The number of hydrogen-bond donors (Lipinski definition) is 2. The highest BCUT2D eigenvalue weighted by atomic mass is 16.5. The Balaban J connectivity index is 1.88. The first-order chi connectivity index (χ1) is 11.7. The van der Waals surface area contributed by atoms with Gasteiger partial charge < -0.3 is 20.1 Å². The van der Waals surface area contributed by atoms with E-state index in [0.29, 0.717) is 25.7 Å². The van der Waals surface area contributed by atoms with E-state index >= 15 is 0 Å². The summed E-state index contributed by atoms with van der Waals surface area (Å²) in [6, 6.07) is 8.75. The molecule has 1 aromatic carbocycles. The number of amides is 2. The van der Waals surface area contributed by atoms with E-state index in [1.165, 1.54) is 0 Å². The quantitative estimate of drug-likeness (QED) is 0.751. The predicted molar refractivity (Wildman–Crippen MR) is 90.5 cm³/mol. The third-order valence-electron chi connectivity index (χ3n) is 3.99. The maximum Gasteiger partial charge on any atom is 0.315 e. The van der Waals surface area contributed by atoms with E-state index in [0.717, 1.165) is 25.0 Å². The van der Waals surface area contributed by atoms with E-state index in [-0.39, 0.29) is 18.4 Å². The van der Waals surface area contributed by atoms with Crippen molar-refractivity contribution in [3.63, 3.8) is 0 Å². The van der Waals surface area contributed by atoms with Crippen molar-refractivity contribution in [1.29, 1.82) is 0 Å². The Labute approximate surface area is 142 Å². The lowest BCUT2D eigenvalue weighted by Crippen LogP contribution is -2.42. The average Bonchev–Trinajstić information content (AvgIpc) is 2.61. The molecule has 0 bridgehead atoms. The molecule has 24 heavy (non-hydrogen) atoms. The van der Waals surface area contributed by atoms with E-state index in [2.05, 4.69) is 10.6 Å². The smallest absolute Gasteiger partial charge is 0.315 e. The first-order valence-corrected chi connectivity index (χ1v) is 8.51. The van der Waals surface area contributed by atoms with E-state index < -0.39 is 6.04 Å². The summed E-state index contributed by atoms with van der Waals surface area (Å²) in [5, 5.41) is 5.75. The van der Waals surface area contributed by atoms with Crippen LogP contribution in [0.3, 0.4) is 0 Å². The fraction of sp³-hybridized carbons (Fsp3) is 0.556. The Morgan fingerprint density at radius 3 is 2.79 bits per heavy atom. The summed E-state index contributed by atoms with van der Waals surface area (Å²) in [4.78, 5) is 24.0. The van der Waals surface area contributed by atoms with Crippen LogP contribution in [0.2, 0.25) is 0 Å². The number of ether oxygens (including phenoxy) is 2. The third kappa shape index (κ3) is 6.20. The highest BCUT2D eigenvalue weighted by Gasteiger charge is 2.20. The molecule has 2 N–H and O–H groups in total. The molecule has 1 saturated heterocycles. The molecule has 132 valence electrons. The second-order valence-electron chi connectivity index (χ2n) is 5.91. The monoisotopic (exact) mass is 334 g/mol. The van der Waals surface area contributed by atoms with E-state index in [4.69, 9.17) is 9.47 Å². The number of nitrogens with one attached hydrogen (secondary N) is 2. The van der Waals surface area contributed by atoms with Crippen LogP contribution in [0.25, 0.3) is 0 Å². The molecule has 1 heterocycles. The third-order valence-corrected chi connectivity index (χ3v) is 3.99. The first-order valence-electron chi connectivity index (χ1n) is 8.51. The highest BCUT2D eigenvalue weighted by Crippen LogP contribution is 2.17. The van der Waals surface area contributed by atoms with Gasteiger partial charge in [-0.3, -0.25) is 4.79 Å². The van der Waals surface area contributed by atoms with Gasteiger partial charge >= 0.3 is 12.0 Å². The second-order valence-corrected chi connectivity index (χ2v) is 5.91. The molecule has 2 atom stereocenters. The minimum Gasteiger partial charge on any atom is -0.466 e. The lowest BCUT2D eigenvalue weighted by atomic mass is 10.0. The van der Waals surface area contributed by atoms with Crippen LogP contribution in [-0.2, 0) is 14.3 Å². The molecule has 0 spiro atoms. The zero-order valence-corrected chi connectivity index (χ0v) is 14.1. The van der Waals surface area contributed by atoms with E-state index in [1.807, 2.05) is 30.3 Å². The predicted octanol–water partition coefficient (Wildman–Crippen LogP) is 2.41. The van der Waals surface area contributed by atoms with Gasteiger partial charge in [0, 0.05) is 13.2 Å². The molecular weight excluding hydrogens is 308 g/mol. The molecule has 0 saturated carbocycles. The van der Waals surface area contributed by atoms with Crippen molar-refractivity contribution in [2.24, 2.45) is 5.92 Å². The zero-order valence-electron chi connectivity index (χ0n) is 14.1. The summed E-state index contributed by atoms with van der Waals surface area (Å²) in [7, 11) is 0. The van der Waals surface area contributed by atoms with Crippen molar-refractivity contribution in [2.75, 3.05) is 26.4 Å².